The molecule has 27 heavy (non-hydrogen) atoms. The third kappa shape index (κ3) is 4.26. The van der Waals surface area contributed by atoms with E-state index in [1.54, 1.807) is 6.20 Å². The standard InChI is InChI=1S/C19H18ClN5OS/c20-15-6-7-16(21-12-15)25-10-8-14(9-11-25)18(26)23-19-22-17(24-27-19)13-4-2-1-3-5-13/h1-7,12,14H,8-11H2,(H,22,23,24,26). The van der Waals surface area contributed by atoms with Crippen LogP contribution in [-0.2, 0) is 4.79 Å². The molecule has 0 atom stereocenters. The molecule has 0 unspecified atom stereocenters. The Morgan fingerprint density at radius 2 is 1.93 bits per heavy atom. The fourth-order valence-electron chi connectivity index (χ4n) is 3.11. The second-order valence-corrected chi connectivity index (χ2v) is 7.56. The highest BCUT2D eigenvalue weighted by Gasteiger charge is 2.26. The molecule has 1 fully saturated rings. The molecule has 3 aromatic rings. The smallest absolute Gasteiger partial charge is 0.229 e. The summed E-state index contributed by atoms with van der Waals surface area (Å²) in [6.07, 6.45) is 3.20. The first kappa shape index (κ1) is 17.9. The number of halogens is 1. The molecule has 1 saturated heterocycles. The van der Waals surface area contributed by atoms with Gasteiger partial charge < -0.3 is 10.2 Å². The number of rotatable bonds is 4. The van der Waals surface area contributed by atoms with Crippen molar-refractivity contribution in [3.8, 4) is 11.4 Å². The Morgan fingerprint density at radius 3 is 2.63 bits per heavy atom. The fourth-order valence-corrected chi connectivity index (χ4v) is 3.82. The summed E-state index contributed by atoms with van der Waals surface area (Å²) in [5.74, 6) is 1.52. The number of aromatic nitrogens is 3. The van der Waals surface area contributed by atoms with Gasteiger partial charge in [-0.1, -0.05) is 41.9 Å². The lowest BCUT2D eigenvalue weighted by atomic mass is 9.96. The van der Waals surface area contributed by atoms with Crippen molar-refractivity contribution in [1.82, 2.24) is 14.3 Å². The van der Waals surface area contributed by atoms with Crippen LogP contribution >= 0.6 is 23.1 Å². The van der Waals surface area contributed by atoms with Crippen LogP contribution in [0.2, 0.25) is 5.02 Å². The first-order valence-corrected chi connectivity index (χ1v) is 9.91. The second-order valence-electron chi connectivity index (χ2n) is 6.37. The van der Waals surface area contributed by atoms with Gasteiger partial charge in [-0.25, -0.2) is 4.98 Å². The SMILES string of the molecule is O=C(Nc1nc(-c2ccccc2)ns1)C1CCN(c2ccc(Cl)cn2)CC1. The van der Waals surface area contributed by atoms with Crippen molar-refractivity contribution >= 4 is 40.0 Å². The van der Waals surface area contributed by atoms with Gasteiger partial charge in [0.05, 0.1) is 5.02 Å². The van der Waals surface area contributed by atoms with E-state index in [4.69, 9.17) is 11.6 Å². The third-order valence-electron chi connectivity index (χ3n) is 4.59. The summed E-state index contributed by atoms with van der Waals surface area (Å²) in [5, 5.41) is 4.09. The Bertz CT molecular complexity index is 907. The zero-order valence-corrected chi connectivity index (χ0v) is 16.1. The molecule has 1 N–H and O–H groups in total. The molecular formula is C19H18ClN5OS. The van der Waals surface area contributed by atoms with E-state index in [0.29, 0.717) is 16.0 Å². The van der Waals surface area contributed by atoms with E-state index in [1.807, 2.05) is 42.5 Å². The summed E-state index contributed by atoms with van der Waals surface area (Å²) in [4.78, 5) is 23.5. The molecule has 0 spiro atoms. The van der Waals surface area contributed by atoms with E-state index in [1.165, 1.54) is 11.5 Å². The quantitative estimate of drug-likeness (QED) is 0.714. The molecule has 0 aliphatic carbocycles. The third-order valence-corrected chi connectivity index (χ3v) is 5.44. The van der Waals surface area contributed by atoms with Gasteiger partial charge in [0.1, 0.15) is 5.82 Å². The van der Waals surface area contributed by atoms with Crippen LogP contribution in [0.1, 0.15) is 12.8 Å². The Labute approximate surface area is 166 Å². The van der Waals surface area contributed by atoms with E-state index >= 15 is 0 Å². The number of pyridine rings is 1. The van der Waals surface area contributed by atoms with E-state index in [2.05, 4.69) is 24.6 Å². The van der Waals surface area contributed by atoms with Crippen LogP contribution in [0.25, 0.3) is 11.4 Å². The average Bonchev–Trinajstić information content (AvgIpc) is 3.18. The Kier molecular flexibility index (Phi) is 5.31. The Balaban J connectivity index is 1.33. The normalized spacial score (nSPS) is 14.9. The molecule has 3 heterocycles. The number of piperidine rings is 1. The van der Waals surface area contributed by atoms with Crippen molar-refractivity contribution in [3.05, 3.63) is 53.7 Å². The van der Waals surface area contributed by atoms with Crippen molar-refractivity contribution in [2.24, 2.45) is 5.92 Å². The predicted octanol–water partition coefficient (Wildman–Crippen LogP) is 4.11. The number of carbonyl (C=O) groups excluding carboxylic acids is 1. The van der Waals surface area contributed by atoms with Crippen molar-refractivity contribution in [2.45, 2.75) is 12.8 Å². The molecule has 4 rings (SSSR count). The number of nitrogens with one attached hydrogen (secondary N) is 1. The molecule has 0 bridgehead atoms. The number of nitrogens with zero attached hydrogens (tertiary/aromatic N) is 4. The van der Waals surface area contributed by atoms with Gasteiger partial charge in [-0.2, -0.15) is 9.36 Å². The number of anilines is 2. The molecule has 1 aromatic carbocycles. The van der Waals surface area contributed by atoms with Crippen molar-refractivity contribution < 1.29 is 4.79 Å². The second kappa shape index (κ2) is 8.02. The van der Waals surface area contributed by atoms with Crippen LogP contribution in [0.15, 0.2) is 48.7 Å². The highest BCUT2D eigenvalue weighted by molar-refractivity contribution is 7.10. The van der Waals surface area contributed by atoms with E-state index in [0.717, 1.165) is 37.3 Å². The van der Waals surface area contributed by atoms with E-state index in [9.17, 15) is 4.79 Å². The van der Waals surface area contributed by atoms with Crippen LogP contribution in [0.4, 0.5) is 10.9 Å². The van der Waals surface area contributed by atoms with Crippen molar-refractivity contribution in [1.29, 1.82) is 0 Å². The van der Waals surface area contributed by atoms with Gasteiger partial charge in [0, 0.05) is 42.3 Å². The number of hydrogen-bond donors (Lipinski definition) is 1. The number of amides is 1. The largest absolute Gasteiger partial charge is 0.357 e. The first-order chi connectivity index (χ1) is 13.2. The number of hydrogen-bond acceptors (Lipinski definition) is 6. The average molecular weight is 400 g/mol. The maximum atomic E-state index is 12.6. The minimum Gasteiger partial charge on any atom is -0.357 e. The lowest BCUT2D eigenvalue weighted by Crippen LogP contribution is -2.38. The minimum absolute atomic E-state index is 0.00877. The molecule has 1 amide bonds. The molecule has 6 nitrogen and oxygen atoms in total. The summed E-state index contributed by atoms with van der Waals surface area (Å²) >= 11 is 7.10. The monoisotopic (exact) mass is 399 g/mol. The van der Waals surface area contributed by atoms with Gasteiger partial charge in [0.15, 0.2) is 5.82 Å². The summed E-state index contributed by atoms with van der Waals surface area (Å²) in [7, 11) is 0. The summed E-state index contributed by atoms with van der Waals surface area (Å²) in [6.45, 7) is 1.58. The fraction of sp³-hybridized carbons (Fsp3) is 0.263. The van der Waals surface area contributed by atoms with Gasteiger partial charge in [0.2, 0.25) is 11.0 Å². The van der Waals surface area contributed by atoms with Gasteiger partial charge >= 0.3 is 0 Å². The molecule has 138 valence electrons. The zero-order valence-electron chi connectivity index (χ0n) is 14.5. The van der Waals surface area contributed by atoms with Gasteiger partial charge in [-0.15, -0.1) is 0 Å². The highest BCUT2D eigenvalue weighted by atomic mass is 35.5. The zero-order chi connectivity index (χ0) is 18.6. The molecule has 0 radical (unpaired) electrons. The van der Waals surface area contributed by atoms with Crippen LogP contribution in [0.3, 0.4) is 0 Å². The maximum Gasteiger partial charge on any atom is 0.229 e. The molecular weight excluding hydrogens is 382 g/mol. The summed E-state index contributed by atoms with van der Waals surface area (Å²) < 4.78 is 4.33. The van der Waals surface area contributed by atoms with Gasteiger partial charge in [-0.3, -0.25) is 4.79 Å². The molecule has 8 heteroatoms. The minimum atomic E-state index is -0.0300. The summed E-state index contributed by atoms with van der Waals surface area (Å²) in [5.41, 5.74) is 0.943. The number of carbonyl (C=O) groups is 1. The lowest BCUT2D eigenvalue weighted by Gasteiger charge is -2.31. The predicted molar refractivity (Wildman–Crippen MR) is 108 cm³/mol. The van der Waals surface area contributed by atoms with Crippen LogP contribution < -0.4 is 10.2 Å². The lowest BCUT2D eigenvalue weighted by molar-refractivity contribution is -0.120. The van der Waals surface area contributed by atoms with Gasteiger partial charge in [0.25, 0.3) is 0 Å². The van der Waals surface area contributed by atoms with Gasteiger partial charge in [-0.05, 0) is 25.0 Å². The molecule has 1 aliphatic heterocycles. The first-order valence-electron chi connectivity index (χ1n) is 8.75. The molecule has 2 aromatic heterocycles. The van der Waals surface area contributed by atoms with E-state index in [-0.39, 0.29) is 11.8 Å². The molecule has 0 saturated carbocycles. The topological polar surface area (TPSA) is 71.0 Å². The van der Waals surface area contributed by atoms with E-state index < -0.39 is 0 Å². The van der Waals surface area contributed by atoms with Crippen molar-refractivity contribution in [3.63, 3.8) is 0 Å². The van der Waals surface area contributed by atoms with Crippen LogP contribution in [-0.4, -0.2) is 33.3 Å². The van der Waals surface area contributed by atoms with Crippen LogP contribution in [0, 0.1) is 5.92 Å². The Morgan fingerprint density at radius 1 is 1.15 bits per heavy atom. The molecule has 1 aliphatic rings. The Hall–Kier alpha value is -2.51. The van der Waals surface area contributed by atoms with Crippen LogP contribution in [0.5, 0.6) is 0 Å². The number of benzene rings is 1. The summed E-state index contributed by atoms with van der Waals surface area (Å²) in [6, 6.07) is 13.5. The van der Waals surface area contributed by atoms with Crippen molar-refractivity contribution in [2.75, 3.05) is 23.3 Å². The highest BCUT2D eigenvalue weighted by Crippen LogP contribution is 2.25. The maximum absolute atomic E-state index is 12.6.